The summed E-state index contributed by atoms with van der Waals surface area (Å²) in [7, 11) is 1.30. The first-order valence-corrected chi connectivity index (χ1v) is 8.40. The number of aromatic amines is 1. The van der Waals surface area contributed by atoms with E-state index in [0.29, 0.717) is 22.6 Å². The van der Waals surface area contributed by atoms with Gasteiger partial charge in [0.05, 0.1) is 12.7 Å². The van der Waals surface area contributed by atoms with E-state index in [1.165, 1.54) is 19.4 Å². The summed E-state index contributed by atoms with van der Waals surface area (Å²) in [6.45, 7) is 1.31. The van der Waals surface area contributed by atoms with Gasteiger partial charge in [-0.2, -0.15) is 0 Å². The first kappa shape index (κ1) is 17.7. The number of H-pyrrole nitrogens is 1. The van der Waals surface area contributed by atoms with E-state index >= 15 is 0 Å². The van der Waals surface area contributed by atoms with E-state index in [1.807, 2.05) is 0 Å². The van der Waals surface area contributed by atoms with Crippen LogP contribution in [0.3, 0.4) is 0 Å². The Labute approximate surface area is 150 Å². The van der Waals surface area contributed by atoms with Gasteiger partial charge in [-0.05, 0) is 37.1 Å². The second-order valence-corrected chi connectivity index (χ2v) is 6.03. The molecule has 0 spiro atoms. The van der Waals surface area contributed by atoms with Crippen LogP contribution in [-0.4, -0.2) is 54.3 Å². The summed E-state index contributed by atoms with van der Waals surface area (Å²) in [6.07, 6.45) is 3.54. The molecule has 0 bridgehead atoms. The van der Waals surface area contributed by atoms with Crippen LogP contribution < -0.4 is 4.74 Å². The van der Waals surface area contributed by atoms with Crippen LogP contribution in [0.1, 0.15) is 44.0 Å². The van der Waals surface area contributed by atoms with Crippen molar-refractivity contribution in [2.75, 3.05) is 26.8 Å². The second-order valence-electron chi connectivity index (χ2n) is 6.03. The lowest BCUT2D eigenvalue weighted by atomic mass is 10.2. The van der Waals surface area contributed by atoms with Crippen molar-refractivity contribution in [1.82, 2.24) is 9.88 Å². The van der Waals surface area contributed by atoms with E-state index in [1.54, 1.807) is 29.2 Å². The van der Waals surface area contributed by atoms with Crippen LogP contribution in [0.2, 0.25) is 0 Å². The molecule has 1 fully saturated rings. The normalized spacial score (nSPS) is 13.5. The molecule has 0 aliphatic carbocycles. The lowest BCUT2D eigenvalue weighted by Crippen LogP contribution is -2.27. The topological polar surface area (TPSA) is 88.7 Å². The number of carbonyl (C=O) groups is 3. The quantitative estimate of drug-likeness (QED) is 0.634. The van der Waals surface area contributed by atoms with Crippen LogP contribution in [0.15, 0.2) is 36.5 Å². The number of ketones is 1. The summed E-state index contributed by atoms with van der Waals surface area (Å²) in [5.74, 6) is -0.430. The van der Waals surface area contributed by atoms with Gasteiger partial charge in [0.1, 0.15) is 11.4 Å². The molecular formula is C19H20N2O5. The molecule has 1 amide bonds. The molecule has 1 aliphatic heterocycles. The monoisotopic (exact) mass is 356 g/mol. The summed E-state index contributed by atoms with van der Waals surface area (Å²) in [6, 6.07) is 7.97. The molecule has 1 saturated heterocycles. The van der Waals surface area contributed by atoms with Gasteiger partial charge in [-0.25, -0.2) is 4.79 Å². The number of hydrogen-bond acceptors (Lipinski definition) is 5. The third kappa shape index (κ3) is 3.93. The highest BCUT2D eigenvalue weighted by Crippen LogP contribution is 2.16. The molecule has 1 aromatic carbocycles. The van der Waals surface area contributed by atoms with E-state index < -0.39 is 5.97 Å². The van der Waals surface area contributed by atoms with E-state index in [9.17, 15) is 14.4 Å². The minimum Gasteiger partial charge on any atom is -0.485 e. The third-order valence-corrected chi connectivity index (χ3v) is 4.25. The van der Waals surface area contributed by atoms with Gasteiger partial charge in [0.25, 0.3) is 5.91 Å². The Hall–Kier alpha value is -3.09. The van der Waals surface area contributed by atoms with Crippen molar-refractivity contribution in [1.29, 1.82) is 0 Å². The van der Waals surface area contributed by atoms with Gasteiger partial charge < -0.3 is 19.4 Å². The number of benzene rings is 1. The zero-order valence-corrected chi connectivity index (χ0v) is 14.5. The molecule has 3 rings (SSSR count). The van der Waals surface area contributed by atoms with E-state index in [0.717, 1.165) is 25.9 Å². The van der Waals surface area contributed by atoms with Crippen LogP contribution in [0.4, 0.5) is 0 Å². The maximum absolute atomic E-state index is 12.3. The fraction of sp³-hybridized carbons (Fsp3) is 0.316. The minimum atomic E-state index is -0.475. The molecule has 1 aliphatic rings. The molecule has 136 valence electrons. The number of rotatable bonds is 6. The molecule has 2 aromatic rings. The predicted molar refractivity (Wildman–Crippen MR) is 93.5 cm³/mol. The SMILES string of the molecule is COC(=O)c1cccc(OCC(=O)c2c[nH]c(C(=O)N3CCCC3)c2)c1. The lowest BCUT2D eigenvalue weighted by molar-refractivity contribution is 0.0600. The van der Waals surface area contributed by atoms with E-state index in [2.05, 4.69) is 9.72 Å². The molecule has 0 saturated carbocycles. The summed E-state index contributed by atoms with van der Waals surface area (Å²) < 4.78 is 10.1. The fourth-order valence-electron chi connectivity index (χ4n) is 2.83. The number of nitrogens with zero attached hydrogens (tertiary/aromatic N) is 1. The Bertz CT molecular complexity index is 821. The number of carbonyl (C=O) groups excluding carboxylic acids is 3. The van der Waals surface area contributed by atoms with Gasteiger partial charge >= 0.3 is 5.97 Å². The van der Waals surface area contributed by atoms with Crippen LogP contribution in [-0.2, 0) is 4.74 Å². The second kappa shape index (κ2) is 7.86. The maximum Gasteiger partial charge on any atom is 0.337 e. The highest BCUT2D eigenvalue weighted by molar-refractivity contribution is 6.01. The largest absolute Gasteiger partial charge is 0.485 e. The van der Waals surface area contributed by atoms with Gasteiger partial charge in [-0.1, -0.05) is 6.07 Å². The number of Topliss-reactive ketones (excluding diaryl/α,β-unsaturated/α-hetero) is 1. The molecule has 1 aromatic heterocycles. The maximum atomic E-state index is 12.3. The lowest BCUT2D eigenvalue weighted by Gasteiger charge is -2.13. The zero-order chi connectivity index (χ0) is 18.5. The van der Waals surface area contributed by atoms with E-state index in [-0.39, 0.29) is 18.3 Å². The molecule has 7 heteroatoms. The van der Waals surface area contributed by atoms with Crippen LogP contribution in [0.5, 0.6) is 5.75 Å². The number of nitrogens with one attached hydrogen (secondary N) is 1. The first-order chi connectivity index (χ1) is 12.6. The van der Waals surface area contributed by atoms with Crippen molar-refractivity contribution in [3.05, 3.63) is 53.3 Å². The molecule has 0 radical (unpaired) electrons. The Balaban J connectivity index is 1.60. The van der Waals surface area contributed by atoms with Crippen molar-refractivity contribution in [3.63, 3.8) is 0 Å². The minimum absolute atomic E-state index is 0.0896. The molecule has 26 heavy (non-hydrogen) atoms. The predicted octanol–water partition coefficient (Wildman–Crippen LogP) is 2.30. The van der Waals surface area contributed by atoms with Gasteiger partial charge in [0.15, 0.2) is 6.61 Å². The van der Waals surface area contributed by atoms with Crippen LogP contribution in [0.25, 0.3) is 0 Å². The van der Waals surface area contributed by atoms with Gasteiger partial charge in [0.2, 0.25) is 5.78 Å². The highest BCUT2D eigenvalue weighted by Gasteiger charge is 2.21. The summed E-state index contributed by atoms with van der Waals surface area (Å²) in [5, 5.41) is 0. The Morgan fingerprint density at radius 2 is 1.88 bits per heavy atom. The van der Waals surface area contributed by atoms with Crippen molar-refractivity contribution in [2.24, 2.45) is 0 Å². The number of ether oxygens (including phenoxy) is 2. The zero-order valence-electron chi connectivity index (χ0n) is 14.5. The van der Waals surface area contributed by atoms with Crippen LogP contribution >= 0.6 is 0 Å². The van der Waals surface area contributed by atoms with Gasteiger partial charge in [-0.3, -0.25) is 9.59 Å². The van der Waals surface area contributed by atoms with Crippen molar-refractivity contribution < 1.29 is 23.9 Å². The number of likely N-dealkylation sites (tertiary alicyclic amines) is 1. The number of methoxy groups -OCH3 is 1. The molecule has 2 heterocycles. The van der Waals surface area contributed by atoms with Gasteiger partial charge in [-0.15, -0.1) is 0 Å². The molecule has 7 nitrogen and oxygen atoms in total. The van der Waals surface area contributed by atoms with Crippen LogP contribution in [0, 0.1) is 0 Å². The average molecular weight is 356 g/mol. The highest BCUT2D eigenvalue weighted by atomic mass is 16.5. The molecular weight excluding hydrogens is 336 g/mol. The van der Waals surface area contributed by atoms with Crippen molar-refractivity contribution in [2.45, 2.75) is 12.8 Å². The molecule has 1 N–H and O–H groups in total. The Morgan fingerprint density at radius 1 is 1.12 bits per heavy atom. The number of amides is 1. The summed E-state index contributed by atoms with van der Waals surface area (Å²) >= 11 is 0. The molecule has 0 atom stereocenters. The fourth-order valence-corrected chi connectivity index (χ4v) is 2.83. The number of esters is 1. The van der Waals surface area contributed by atoms with Gasteiger partial charge in [0, 0.05) is 24.8 Å². The summed E-state index contributed by atoms with van der Waals surface area (Å²) in [4.78, 5) is 40.7. The Morgan fingerprint density at radius 3 is 2.62 bits per heavy atom. The van der Waals surface area contributed by atoms with Crippen molar-refractivity contribution >= 4 is 17.7 Å². The molecule has 0 unspecified atom stereocenters. The van der Waals surface area contributed by atoms with Crippen molar-refractivity contribution in [3.8, 4) is 5.75 Å². The number of aromatic nitrogens is 1. The smallest absolute Gasteiger partial charge is 0.337 e. The number of hydrogen-bond donors (Lipinski definition) is 1. The first-order valence-electron chi connectivity index (χ1n) is 8.40. The summed E-state index contributed by atoms with van der Waals surface area (Å²) in [5.41, 5.74) is 1.14. The average Bonchev–Trinajstić information content (AvgIpc) is 3.37. The third-order valence-electron chi connectivity index (χ3n) is 4.25. The Kier molecular flexibility index (Phi) is 5.36. The van der Waals surface area contributed by atoms with E-state index in [4.69, 9.17) is 4.74 Å². The standard InChI is InChI=1S/C19H20N2O5/c1-25-19(24)13-5-4-6-15(9-13)26-12-17(22)14-10-16(20-11-14)18(23)21-7-2-3-8-21/h4-6,9-11,20H,2-3,7-8,12H2,1H3.